The van der Waals surface area contributed by atoms with Crippen LogP contribution in [0.1, 0.15) is 55.5 Å². The number of carbonyl (C=O) groups is 1. The molecular formula is C23H26N2O2. The molecule has 3 rings (SSSR count). The molecule has 1 saturated carbocycles. The van der Waals surface area contributed by atoms with Crippen molar-refractivity contribution >= 4 is 11.6 Å². The van der Waals surface area contributed by atoms with Crippen LogP contribution in [0.2, 0.25) is 0 Å². The van der Waals surface area contributed by atoms with Crippen LogP contribution in [0, 0.1) is 17.2 Å². The molecule has 1 fully saturated rings. The summed E-state index contributed by atoms with van der Waals surface area (Å²) in [4.78, 5) is 12.4. The van der Waals surface area contributed by atoms with E-state index in [1.54, 1.807) is 12.1 Å². The van der Waals surface area contributed by atoms with Crippen molar-refractivity contribution in [3.8, 4) is 11.8 Å². The predicted octanol–water partition coefficient (Wildman–Crippen LogP) is 5.31. The van der Waals surface area contributed by atoms with E-state index in [2.05, 4.69) is 25.2 Å². The number of hydrogen-bond donors (Lipinski definition) is 1. The highest BCUT2D eigenvalue weighted by Gasteiger charge is 2.35. The first-order valence-electron chi connectivity index (χ1n) is 9.58. The molecule has 140 valence electrons. The van der Waals surface area contributed by atoms with E-state index in [0.29, 0.717) is 18.1 Å². The first-order chi connectivity index (χ1) is 13.0. The monoisotopic (exact) mass is 362 g/mol. The molecule has 0 aliphatic heterocycles. The average molecular weight is 362 g/mol. The van der Waals surface area contributed by atoms with E-state index >= 15 is 0 Å². The van der Waals surface area contributed by atoms with Crippen LogP contribution < -0.4 is 10.1 Å². The zero-order valence-electron chi connectivity index (χ0n) is 16.0. The van der Waals surface area contributed by atoms with Crippen LogP contribution in [-0.2, 0) is 5.41 Å². The fourth-order valence-electron chi connectivity index (χ4n) is 3.48. The predicted molar refractivity (Wildman–Crippen MR) is 107 cm³/mol. The number of benzene rings is 2. The largest absolute Gasteiger partial charge is 0.493 e. The highest BCUT2D eigenvalue weighted by atomic mass is 16.5. The SMILES string of the molecule is CC(C)COc1ccc(C(=O)Nc2ccc(C3(C#N)CCCC3)cc2)cc1. The minimum Gasteiger partial charge on any atom is -0.493 e. The van der Waals surface area contributed by atoms with Crippen molar-refractivity contribution in [3.05, 3.63) is 59.7 Å². The fraction of sp³-hybridized carbons (Fsp3) is 0.391. The van der Waals surface area contributed by atoms with Gasteiger partial charge in [0.05, 0.1) is 18.1 Å². The molecule has 0 unspecified atom stereocenters. The summed E-state index contributed by atoms with van der Waals surface area (Å²) in [6.45, 7) is 4.85. The number of hydrogen-bond acceptors (Lipinski definition) is 3. The first kappa shape index (κ1) is 19.0. The van der Waals surface area contributed by atoms with Crippen molar-refractivity contribution in [1.29, 1.82) is 5.26 Å². The number of anilines is 1. The van der Waals surface area contributed by atoms with E-state index in [9.17, 15) is 10.1 Å². The third-order valence-electron chi connectivity index (χ3n) is 5.07. The molecule has 1 N–H and O–H groups in total. The van der Waals surface area contributed by atoms with Crippen LogP contribution in [0.5, 0.6) is 5.75 Å². The standard InChI is InChI=1S/C23H26N2O2/c1-17(2)15-27-21-11-5-18(6-12-21)22(26)25-20-9-7-19(8-10-20)23(16-24)13-3-4-14-23/h5-12,17H,3-4,13-15H2,1-2H3,(H,25,26). The van der Waals surface area contributed by atoms with Gasteiger partial charge in [-0.25, -0.2) is 0 Å². The van der Waals surface area contributed by atoms with E-state index in [1.165, 1.54) is 0 Å². The zero-order valence-corrected chi connectivity index (χ0v) is 16.0. The van der Waals surface area contributed by atoms with Crippen molar-refractivity contribution in [3.63, 3.8) is 0 Å². The van der Waals surface area contributed by atoms with E-state index in [-0.39, 0.29) is 11.3 Å². The summed E-state index contributed by atoms with van der Waals surface area (Å²) in [5.41, 5.74) is 2.01. The highest BCUT2D eigenvalue weighted by molar-refractivity contribution is 6.04. The lowest BCUT2D eigenvalue weighted by Gasteiger charge is -2.21. The van der Waals surface area contributed by atoms with Crippen molar-refractivity contribution < 1.29 is 9.53 Å². The lowest BCUT2D eigenvalue weighted by Crippen LogP contribution is -2.19. The second-order valence-electron chi connectivity index (χ2n) is 7.66. The Morgan fingerprint density at radius 2 is 1.74 bits per heavy atom. The van der Waals surface area contributed by atoms with Crippen molar-refractivity contribution in [2.45, 2.75) is 44.9 Å². The molecule has 0 atom stereocenters. The lowest BCUT2D eigenvalue weighted by molar-refractivity contribution is 0.102. The summed E-state index contributed by atoms with van der Waals surface area (Å²) in [6.07, 6.45) is 4.03. The Bertz CT molecular complexity index is 811. The number of nitriles is 1. The van der Waals surface area contributed by atoms with Gasteiger partial charge in [0, 0.05) is 11.3 Å². The van der Waals surface area contributed by atoms with Crippen LogP contribution in [0.3, 0.4) is 0 Å². The number of rotatable bonds is 6. The summed E-state index contributed by atoms with van der Waals surface area (Å²) in [5, 5.41) is 12.5. The number of carbonyl (C=O) groups excluding carboxylic acids is 1. The normalized spacial score (nSPS) is 15.3. The molecule has 27 heavy (non-hydrogen) atoms. The summed E-state index contributed by atoms with van der Waals surface area (Å²) >= 11 is 0. The van der Waals surface area contributed by atoms with Gasteiger partial charge >= 0.3 is 0 Å². The van der Waals surface area contributed by atoms with E-state index in [1.807, 2.05) is 36.4 Å². The van der Waals surface area contributed by atoms with E-state index in [4.69, 9.17) is 4.74 Å². The van der Waals surface area contributed by atoms with Gasteiger partial charge in [-0.05, 0) is 60.7 Å². The van der Waals surface area contributed by atoms with Crippen LogP contribution >= 0.6 is 0 Å². The maximum Gasteiger partial charge on any atom is 0.255 e. The Kier molecular flexibility index (Phi) is 5.81. The number of nitrogens with zero attached hydrogens (tertiary/aromatic N) is 1. The molecule has 1 aliphatic carbocycles. The molecule has 0 bridgehead atoms. The maximum atomic E-state index is 12.4. The van der Waals surface area contributed by atoms with Crippen LogP contribution in [0.15, 0.2) is 48.5 Å². The summed E-state index contributed by atoms with van der Waals surface area (Å²) in [7, 11) is 0. The minimum atomic E-state index is -0.353. The number of amides is 1. The summed E-state index contributed by atoms with van der Waals surface area (Å²) < 4.78 is 5.64. The Hall–Kier alpha value is -2.80. The fourth-order valence-corrected chi connectivity index (χ4v) is 3.48. The number of nitrogens with one attached hydrogen (secondary N) is 1. The summed E-state index contributed by atoms with van der Waals surface area (Å²) in [5.74, 6) is 1.07. The average Bonchev–Trinajstić information content (AvgIpc) is 3.17. The van der Waals surface area contributed by atoms with Crippen molar-refractivity contribution in [2.24, 2.45) is 5.92 Å². The van der Waals surface area contributed by atoms with Crippen LogP contribution in [-0.4, -0.2) is 12.5 Å². The van der Waals surface area contributed by atoms with Crippen molar-refractivity contribution in [2.75, 3.05) is 11.9 Å². The van der Waals surface area contributed by atoms with Gasteiger partial charge in [-0.15, -0.1) is 0 Å². The molecule has 2 aromatic rings. The number of ether oxygens (including phenoxy) is 1. The molecule has 1 aliphatic rings. The second-order valence-corrected chi connectivity index (χ2v) is 7.66. The Balaban J connectivity index is 1.63. The first-order valence-corrected chi connectivity index (χ1v) is 9.58. The molecule has 0 heterocycles. The molecule has 4 nitrogen and oxygen atoms in total. The van der Waals surface area contributed by atoms with E-state index in [0.717, 1.165) is 42.7 Å². The molecule has 0 aromatic heterocycles. The molecule has 0 saturated heterocycles. The van der Waals surface area contributed by atoms with Gasteiger partial charge < -0.3 is 10.1 Å². The van der Waals surface area contributed by atoms with Gasteiger partial charge in [0.1, 0.15) is 5.75 Å². The van der Waals surface area contributed by atoms with E-state index < -0.39 is 0 Å². The Morgan fingerprint density at radius 3 is 2.30 bits per heavy atom. The van der Waals surface area contributed by atoms with Gasteiger partial charge in [-0.3, -0.25) is 4.79 Å². The minimum absolute atomic E-state index is 0.158. The van der Waals surface area contributed by atoms with Gasteiger partial charge in [-0.2, -0.15) is 5.26 Å². The van der Waals surface area contributed by atoms with Crippen molar-refractivity contribution in [1.82, 2.24) is 0 Å². The summed E-state index contributed by atoms with van der Waals surface area (Å²) in [6, 6.07) is 17.4. The van der Waals surface area contributed by atoms with Gasteiger partial charge in [0.15, 0.2) is 0 Å². The topological polar surface area (TPSA) is 62.1 Å². The molecule has 2 aromatic carbocycles. The third kappa shape index (κ3) is 4.49. The Labute approximate surface area is 161 Å². The quantitative estimate of drug-likeness (QED) is 0.757. The smallest absolute Gasteiger partial charge is 0.255 e. The molecule has 0 radical (unpaired) electrons. The second kappa shape index (κ2) is 8.26. The molecule has 4 heteroatoms. The lowest BCUT2D eigenvalue weighted by atomic mass is 9.80. The molecule has 0 spiro atoms. The zero-order chi connectivity index (χ0) is 19.3. The molecule has 1 amide bonds. The van der Waals surface area contributed by atoms with Gasteiger partial charge in [0.2, 0.25) is 0 Å². The van der Waals surface area contributed by atoms with Crippen LogP contribution in [0.4, 0.5) is 5.69 Å². The third-order valence-corrected chi connectivity index (χ3v) is 5.07. The maximum absolute atomic E-state index is 12.4. The van der Waals surface area contributed by atoms with Gasteiger partial charge in [-0.1, -0.05) is 38.8 Å². The highest BCUT2D eigenvalue weighted by Crippen LogP contribution is 2.40. The molecular weight excluding hydrogens is 336 g/mol. The Morgan fingerprint density at radius 1 is 1.11 bits per heavy atom. The van der Waals surface area contributed by atoms with Crippen LogP contribution in [0.25, 0.3) is 0 Å². The van der Waals surface area contributed by atoms with Gasteiger partial charge in [0.25, 0.3) is 5.91 Å².